The summed E-state index contributed by atoms with van der Waals surface area (Å²) in [5.41, 5.74) is 3.07. The predicted molar refractivity (Wildman–Crippen MR) is 77.5 cm³/mol. The predicted octanol–water partition coefficient (Wildman–Crippen LogP) is 3.07. The fourth-order valence-electron chi connectivity index (χ4n) is 1.92. The Morgan fingerprint density at radius 2 is 1.80 bits per heavy atom. The van der Waals surface area contributed by atoms with Gasteiger partial charge in [0.2, 0.25) is 0 Å². The van der Waals surface area contributed by atoms with Crippen LogP contribution in [-0.2, 0) is 16.6 Å². The molecule has 20 heavy (non-hydrogen) atoms. The molecule has 0 atom stereocenters. The monoisotopic (exact) mass is 270 g/mol. The summed E-state index contributed by atoms with van der Waals surface area (Å²) < 4.78 is 0. The molecule has 1 aromatic carbocycles. The van der Waals surface area contributed by atoms with Crippen LogP contribution in [0.15, 0.2) is 36.5 Å². The second-order valence-corrected chi connectivity index (χ2v) is 5.76. The lowest BCUT2D eigenvalue weighted by Crippen LogP contribution is -2.10. The van der Waals surface area contributed by atoms with E-state index in [0.29, 0.717) is 5.82 Å². The average Bonchev–Trinajstić information content (AvgIpc) is 2.37. The lowest BCUT2D eigenvalue weighted by atomic mass is 9.86. The zero-order valence-electron chi connectivity index (χ0n) is 11.9. The highest BCUT2D eigenvalue weighted by molar-refractivity contribution is 5.69. The highest BCUT2D eigenvalue weighted by Gasteiger charge is 2.13. The van der Waals surface area contributed by atoms with E-state index >= 15 is 0 Å². The van der Waals surface area contributed by atoms with E-state index < -0.39 is 5.97 Å². The van der Waals surface area contributed by atoms with Gasteiger partial charge in [0.1, 0.15) is 12.2 Å². The van der Waals surface area contributed by atoms with Gasteiger partial charge in [-0.3, -0.25) is 4.79 Å². The van der Waals surface area contributed by atoms with Gasteiger partial charge in [0.05, 0.1) is 5.69 Å². The average molecular weight is 270 g/mol. The number of hydrogen-bond acceptors (Lipinski definition) is 3. The summed E-state index contributed by atoms with van der Waals surface area (Å²) in [5, 5.41) is 8.77. The summed E-state index contributed by atoms with van der Waals surface area (Å²) >= 11 is 0. The Morgan fingerprint density at radius 1 is 1.15 bits per heavy atom. The zero-order chi connectivity index (χ0) is 14.8. The minimum absolute atomic E-state index is 0.110. The van der Waals surface area contributed by atoms with E-state index in [-0.39, 0.29) is 11.8 Å². The van der Waals surface area contributed by atoms with Crippen molar-refractivity contribution in [3.63, 3.8) is 0 Å². The minimum atomic E-state index is -0.926. The molecule has 4 nitrogen and oxygen atoms in total. The minimum Gasteiger partial charge on any atom is -0.481 e. The molecule has 0 saturated carbocycles. The highest BCUT2D eigenvalue weighted by Crippen LogP contribution is 2.25. The van der Waals surface area contributed by atoms with Gasteiger partial charge in [-0.25, -0.2) is 9.97 Å². The molecule has 0 aliphatic heterocycles. The number of nitrogens with zero attached hydrogens (tertiary/aromatic N) is 2. The molecule has 0 amide bonds. The van der Waals surface area contributed by atoms with E-state index in [2.05, 4.69) is 42.9 Å². The molecule has 2 aromatic rings. The molecular weight excluding hydrogens is 252 g/mol. The molecule has 1 heterocycles. The number of aliphatic carboxylic acids is 1. The van der Waals surface area contributed by atoms with Crippen molar-refractivity contribution in [2.24, 2.45) is 0 Å². The van der Waals surface area contributed by atoms with Gasteiger partial charge in [-0.2, -0.15) is 0 Å². The molecule has 2 rings (SSSR count). The second-order valence-electron chi connectivity index (χ2n) is 5.76. The third kappa shape index (κ3) is 3.41. The van der Waals surface area contributed by atoms with E-state index in [1.165, 1.54) is 5.56 Å². The molecule has 0 spiro atoms. The van der Waals surface area contributed by atoms with Crippen LogP contribution < -0.4 is 0 Å². The first kappa shape index (κ1) is 14.2. The molecule has 0 aliphatic carbocycles. The number of carboxylic acid groups (broad SMARTS) is 1. The van der Waals surface area contributed by atoms with Crippen molar-refractivity contribution >= 4 is 5.97 Å². The van der Waals surface area contributed by atoms with Gasteiger partial charge in [0.15, 0.2) is 0 Å². The van der Waals surface area contributed by atoms with Gasteiger partial charge in [0.25, 0.3) is 0 Å². The Balaban J connectivity index is 2.30. The Labute approximate surface area is 118 Å². The van der Waals surface area contributed by atoms with Crippen LogP contribution in [0.5, 0.6) is 0 Å². The Hall–Kier alpha value is -2.23. The third-order valence-electron chi connectivity index (χ3n) is 3.06. The van der Waals surface area contributed by atoms with Crippen molar-refractivity contribution in [3.8, 4) is 11.3 Å². The Morgan fingerprint density at radius 3 is 2.35 bits per heavy atom. The summed E-state index contributed by atoms with van der Waals surface area (Å²) in [6.07, 6.45) is 1.44. The highest BCUT2D eigenvalue weighted by atomic mass is 16.4. The Kier molecular flexibility index (Phi) is 3.84. The largest absolute Gasteiger partial charge is 0.481 e. The lowest BCUT2D eigenvalue weighted by Gasteiger charge is -2.19. The fourth-order valence-corrected chi connectivity index (χ4v) is 1.92. The number of aromatic nitrogens is 2. The van der Waals surface area contributed by atoms with Crippen molar-refractivity contribution in [1.82, 2.24) is 9.97 Å². The van der Waals surface area contributed by atoms with Crippen molar-refractivity contribution in [1.29, 1.82) is 0 Å². The molecule has 0 radical (unpaired) electrons. The molecule has 0 aliphatic rings. The summed E-state index contributed by atoms with van der Waals surface area (Å²) in [6.45, 7) is 6.49. The molecule has 1 N–H and O–H groups in total. The van der Waals surface area contributed by atoms with E-state index in [9.17, 15) is 4.79 Å². The van der Waals surface area contributed by atoms with Crippen LogP contribution in [-0.4, -0.2) is 21.0 Å². The maximum absolute atomic E-state index is 10.7. The zero-order valence-corrected chi connectivity index (χ0v) is 11.9. The molecular formula is C16H18N2O2. The van der Waals surface area contributed by atoms with Crippen LogP contribution in [0.3, 0.4) is 0 Å². The topological polar surface area (TPSA) is 63.1 Å². The number of benzene rings is 1. The van der Waals surface area contributed by atoms with Gasteiger partial charge in [0, 0.05) is 11.8 Å². The maximum atomic E-state index is 10.7. The quantitative estimate of drug-likeness (QED) is 0.931. The standard InChI is InChI=1S/C16H18N2O2/c1-16(2,3)12-6-4-11(5-7-12)13-8-9-17-14(18-13)10-15(19)20/h4-9H,10H2,1-3H3,(H,19,20). The van der Waals surface area contributed by atoms with E-state index in [1.54, 1.807) is 12.3 Å². The molecule has 4 heteroatoms. The van der Waals surface area contributed by atoms with E-state index in [1.807, 2.05) is 12.1 Å². The van der Waals surface area contributed by atoms with Gasteiger partial charge < -0.3 is 5.11 Å². The molecule has 104 valence electrons. The first-order valence-electron chi connectivity index (χ1n) is 6.51. The Bertz CT molecular complexity index is 613. The van der Waals surface area contributed by atoms with Crippen LogP contribution >= 0.6 is 0 Å². The van der Waals surface area contributed by atoms with Crippen LogP contribution in [0.1, 0.15) is 32.2 Å². The molecule has 1 aromatic heterocycles. The van der Waals surface area contributed by atoms with Crippen LogP contribution in [0, 0.1) is 0 Å². The van der Waals surface area contributed by atoms with Crippen molar-refractivity contribution in [2.75, 3.05) is 0 Å². The summed E-state index contributed by atoms with van der Waals surface area (Å²) in [5.74, 6) is -0.597. The van der Waals surface area contributed by atoms with Crippen molar-refractivity contribution in [2.45, 2.75) is 32.6 Å². The maximum Gasteiger partial charge on any atom is 0.311 e. The first-order chi connectivity index (χ1) is 9.36. The lowest BCUT2D eigenvalue weighted by molar-refractivity contribution is -0.136. The number of carbonyl (C=O) groups is 1. The summed E-state index contributed by atoms with van der Waals surface area (Å²) in [4.78, 5) is 18.9. The van der Waals surface area contributed by atoms with Gasteiger partial charge in [-0.05, 0) is 17.0 Å². The second kappa shape index (κ2) is 5.41. The van der Waals surface area contributed by atoms with Gasteiger partial charge in [-0.1, -0.05) is 45.0 Å². The third-order valence-corrected chi connectivity index (χ3v) is 3.06. The van der Waals surface area contributed by atoms with Crippen molar-refractivity contribution < 1.29 is 9.90 Å². The SMILES string of the molecule is CC(C)(C)c1ccc(-c2ccnc(CC(=O)O)n2)cc1. The van der Waals surface area contributed by atoms with Crippen LogP contribution in [0.25, 0.3) is 11.3 Å². The molecule has 0 saturated heterocycles. The normalized spacial score (nSPS) is 11.3. The van der Waals surface area contributed by atoms with Crippen LogP contribution in [0.4, 0.5) is 0 Å². The van der Waals surface area contributed by atoms with Crippen molar-refractivity contribution in [3.05, 3.63) is 47.9 Å². The number of hydrogen-bond donors (Lipinski definition) is 1. The first-order valence-corrected chi connectivity index (χ1v) is 6.51. The number of carboxylic acids is 1. The smallest absolute Gasteiger partial charge is 0.311 e. The van der Waals surface area contributed by atoms with Crippen LogP contribution in [0.2, 0.25) is 0 Å². The van der Waals surface area contributed by atoms with E-state index in [4.69, 9.17) is 5.11 Å². The van der Waals surface area contributed by atoms with E-state index in [0.717, 1.165) is 11.3 Å². The molecule has 0 fully saturated rings. The molecule has 0 bridgehead atoms. The fraction of sp³-hybridized carbons (Fsp3) is 0.312. The van der Waals surface area contributed by atoms with Gasteiger partial charge >= 0.3 is 5.97 Å². The number of rotatable bonds is 3. The summed E-state index contributed by atoms with van der Waals surface area (Å²) in [7, 11) is 0. The van der Waals surface area contributed by atoms with Gasteiger partial charge in [-0.15, -0.1) is 0 Å². The summed E-state index contributed by atoms with van der Waals surface area (Å²) in [6, 6.07) is 9.96. The molecule has 0 unspecified atom stereocenters.